The fraction of sp³-hybridized carbons (Fsp3) is 0.483. The van der Waals surface area contributed by atoms with Gasteiger partial charge in [-0.05, 0) is 77.5 Å². The minimum Gasteiger partial charge on any atom is -0.496 e. The Labute approximate surface area is 231 Å². The van der Waals surface area contributed by atoms with Gasteiger partial charge in [-0.2, -0.15) is 0 Å². The third-order valence-electron chi connectivity index (χ3n) is 7.49. The zero-order chi connectivity index (χ0) is 27.2. The van der Waals surface area contributed by atoms with E-state index in [0.29, 0.717) is 10.2 Å². The molecule has 3 atom stereocenters. The number of amides is 2. The predicted molar refractivity (Wildman–Crippen MR) is 144 cm³/mol. The maximum Gasteiger partial charge on any atom is 0.311 e. The fourth-order valence-electron chi connectivity index (χ4n) is 5.60. The van der Waals surface area contributed by atoms with Gasteiger partial charge >= 0.3 is 5.97 Å². The third-order valence-corrected chi connectivity index (χ3v) is 8.11. The van der Waals surface area contributed by atoms with E-state index < -0.39 is 24.0 Å². The summed E-state index contributed by atoms with van der Waals surface area (Å²) in [6.45, 7) is 2.12. The van der Waals surface area contributed by atoms with Crippen molar-refractivity contribution in [3.05, 3.63) is 63.9 Å². The summed E-state index contributed by atoms with van der Waals surface area (Å²) in [5.74, 6) is -1.51. The van der Waals surface area contributed by atoms with Crippen molar-refractivity contribution >= 4 is 33.7 Å². The summed E-state index contributed by atoms with van der Waals surface area (Å²) in [7, 11) is 1.57. The molecular formula is C29H34BrFN2O5. The molecule has 1 saturated heterocycles. The lowest BCUT2D eigenvalue weighted by Crippen LogP contribution is -2.49. The first-order chi connectivity index (χ1) is 18.3. The lowest BCUT2D eigenvalue weighted by atomic mass is 9.87. The predicted octanol–water partition coefficient (Wildman–Crippen LogP) is 5.31. The van der Waals surface area contributed by atoms with Gasteiger partial charge < -0.3 is 19.7 Å². The van der Waals surface area contributed by atoms with E-state index in [2.05, 4.69) is 21.2 Å². The van der Waals surface area contributed by atoms with Crippen LogP contribution in [0.5, 0.6) is 5.75 Å². The lowest BCUT2D eigenvalue weighted by molar-refractivity contribution is -0.150. The van der Waals surface area contributed by atoms with E-state index in [1.54, 1.807) is 37.1 Å². The monoisotopic (exact) mass is 588 g/mol. The number of carbonyl (C=O) groups is 3. The summed E-state index contributed by atoms with van der Waals surface area (Å²) in [4.78, 5) is 42.5. The van der Waals surface area contributed by atoms with Crippen molar-refractivity contribution < 1.29 is 28.2 Å². The van der Waals surface area contributed by atoms with Crippen molar-refractivity contribution in [2.24, 2.45) is 11.8 Å². The van der Waals surface area contributed by atoms with Crippen LogP contribution >= 0.6 is 15.9 Å². The number of esters is 1. The quantitative estimate of drug-likeness (QED) is 0.422. The Morgan fingerprint density at radius 3 is 2.42 bits per heavy atom. The SMILES string of the molecule is CCOC(=O)C1CC(C(=O)NCc2ccc(F)cc2)N(C(=O)C2CCCCC2)C1c1ccc(OC)c(Br)c1. The van der Waals surface area contributed by atoms with Crippen LogP contribution in [0.2, 0.25) is 0 Å². The van der Waals surface area contributed by atoms with Gasteiger partial charge in [0.15, 0.2) is 0 Å². The van der Waals surface area contributed by atoms with E-state index in [1.165, 1.54) is 12.1 Å². The van der Waals surface area contributed by atoms with Crippen LogP contribution in [0, 0.1) is 17.7 Å². The van der Waals surface area contributed by atoms with E-state index in [0.717, 1.165) is 43.2 Å². The van der Waals surface area contributed by atoms with Crippen LogP contribution in [0.4, 0.5) is 4.39 Å². The van der Waals surface area contributed by atoms with Gasteiger partial charge in [-0.1, -0.05) is 37.5 Å². The first kappa shape index (κ1) is 28.1. The van der Waals surface area contributed by atoms with Crippen molar-refractivity contribution in [2.45, 2.75) is 64.1 Å². The summed E-state index contributed by atoms with van der Waals surface area (Å²) in [5.41, 5.74) is 1.47. The molecule has 2 aromatic rings. The van der Waals surface area contributed by atoms with Gasteiger partial charge in [0.05, 0.1) is 30.1 Å². The highest BCUT2D eigenvalue weighted by atomic mass is 79.9. The van der Waals surface area contributed by atoms with Gasteiger partial charge in [0, 0.05) is 12.5 Å². The Morgan fingerprint density at radius 1 is 1.08 bits per heavy atom. The Kier molecular flexibility index (Phi) is 9.41. The molecule has 2 amide bonds. The van der Waals surface area contributed by atoms with Crippen molar-refractivity contribution in [1.29, 1.82) is 0 Å². The zero-order valence-corrected chi connectivity index (χ0v) is 23.3. The molecule has 4 rings (SSSR count). The second-order valence-corrected chi connectivity index (χ2v) is 10.7. The van der Waals surface area contributed by atoms with Gasteiger partial charge in [0.2, 0.25) is 11.8 Å². The number of halogens is 2. The lowest BCUT2D eigenvalue weighted by Gasteiger charge is -2.35. The molecule has 38 heavy (non-hydrogen) atoms. The molecule has 204 valence electrons. The normalized spacial score (nSPS) is 21.7. The van der Waals surface area contributed by atoms with Gasteiger partial charge in [0.25, 0.3) is 0 Å². The molecule has 0 bridgehead atoms. The number of methoxy groups -OCH3 is 1. The van der Waals surface area contributed by atoms with E-state index in [4.69, 9.17) is 9.47 Å². The van der Waals surface area contributed by atoms with Gasteiger partial charge in [-0.3, -0.25) is 14.4 Å². The molecule has 1 N–H and O–H groups in total. The Morgan fingerprint density at radius 2 is 1.79 bits per heavy atom. The Balaban J connectivity index is 1.70. The van der Waals surface area contributed by atoms with Crippen LogP contribution in [-0.4, -0.2) is 42.4 Å². The molecule has 2 fully saturated rings. The fourth-order valence-corrected chi connectivity index (χ4v) is 6.16. The van der Waals surface area contributed by atoms with E-state index in [9.17, 15) is 18.8 Å². The van der Waals surface area contributed by atoms with Crippen LogP contribution in [0.3, 0.4) is 0 Å². The average molecular weight is 590 g/mol. The average Bonchev–Trinajstić information content (AvgIpc) is 3.33. The molecule has 1 aliphatic carbocycles. The first-order valence-electron chi connectivity index (χ1n) is 13.2. The molecule has 2 aliphatic rings. The van der Waals surface area contributed by atoms with E-state index >= 15 is 0 Å². The summed E-state index contributed by atoms with van der Waals surface area (Å²) in [6.07, 6.45) is 4.70. The standard InChI is InChI=1S/C29H34BrFN2O5/c1-3-38-29(36)22-16-24(27(34)32-17-18-9-12-21(31)13-10-18)33(28(35)19-7-5-4-6-8-19)26(22)20-11-14-25(37-2)23(30)15-20/h9-15,19,22,24,26H,3-8,16-17H2,1-2H3,(H,32,34). The van der Waals surface area contributed by atoms with Gasteiger partial charge in [-0.15, -0.1) is 0 Å². The summed E-state index contributed by atoms with van der Waals surface area (Å²) in [6, 6.07) is 9.85. The topological polar surface area (TPSA) is 84.9 Å². The highest BCUT2D eigenvalue weighted by Crippen LogP contribution is 2.45. The summed E-state index contributed by atoms with van der Waals surface area (Å²) in [5, 5.41) is 2.90. The number of hydrogen-bond donors (Lipinski definition) is 1. The highest BCUT2D eigenvalue weighted by molar-refractivity contribution is 9.10. The zero-order valence-electron chi connectivity index (χ0n) is 21.8. The molecule has 9 heteroatoms. The van der Waals surface area contributed by atoms with Crippen molar-refractivity contribution in [2.75, 3.05) is 13.7 Å². The van der Waals surface area contributed by atoms with Crippen molar-refractivity contribution in [1.82, 2.24) is 10.2 Å². The van der Waals surface area contributed by atoms with Crippen LogP contribution in [-0.2, 0) is 25.7 Å². The number of carbonyl (C=O) groups excluding carboxylic acids is 3. The van der Waals surface area contributed by atoms with Crippen molar-refractivity contribution in [3.63, 3.8) is 0 Å². The third kappa shape index (κ3) is 6.20. The Bertz CT molecular complexity index is 1150. The Hall–Kier alpha value is -2.94. The molecule has 1 saturated carbocycles. The number of likely N-dealkylation sites (tertiary alicyclic amines) is 1. The molecule has 2 aromatic carbocycles. The molecule has 0 spiro atoms. The largest absolute Gasteiger partial charge is 0.496 e. The number of rotatable bonds is 8. The second-order valence-electron chi connectivity index (χ2n) is 9.87. The van der Waals surface area contributed by atoms with Gasteiger partial charge in [0.1, 0.15) is 17.6 Å². The molecular weight excluding hydrogens is 555 g/mol. The molecule has 1 aliphatic heterocycles. The number of benzene rings is 2. The van der Waals surface area contributed by atoms with Crippen LogP contribution < -0.4 is 10.1 Å². The van der Waals surface area contributed by atoms with Crippen LogP contribution in [0.15, 0.2) is 46.9 Å². The minimum absolute atomic E-state index is 0.102. The van der Waals surface area contributed by atoms with Crippen LogP contribution in [0.25, 0.3) is 0 Å². The van der Waals surface area contributed by atoms with Gasteiger partial charge in [-0.25, -0.2) is 4.39 Å². The van der Waals surface area contributed by atoms with Crippen LogP contribution in [0.1, 0.15) is 62.6 Å². The smallest absolute Gasteiger partial charge is 0.311 e. The molecule has 0 radical (unpaired) electrons. The minimum atomic E-state index is -0.842. The highest BCUT2D eigenvalue weighted by Gasteiger charge is 2.52. The number of nitrogens with zero attached hydrogens (tertiary/aromatic N) is 1. The van der Waals surface area contributed by atoms with Crippen molar-refractivity contribution in [3.8, 4) is 5.75 Å². The molecule has 0 aromatic heterocycles. The maximum absolute atomic E-state index is 14.1. The number of hydrogen-bond acceptors (Lipinski definition) is 5. The maximum atomic E-state index is 14.1. The molecule has 7 nitrogen and oxygen atoms in total. The molecule has 3 unspecified atom stereocenters. The summed E-state index contributed by atoms with van der Waals surface area (Å²) < 4.78 is 24.8. The first-order valence-corrected chi connectivity index (χ1v) is 14.0. The summed E-state index contributed by atoms with van der Waals surface area (Å²) >= 11 is 3.52. The number of ether oxygens (including phenoxy) is 2. The number of nitrogens with one attached hydrogen (secondary N) is 1. The second kappa shape index (κ2) is 12.7. The van der Waals surface area contributed by atoms with E-state index in [-0.39, 0.29) is 43.1 Å². The van der Waals surface area contributed by atoms with E-state index in [1.807, 2.05) is 12.1 Å². The molecule has 1 heterocycles.